The van der Waals surface area contributed by atoms with E-state index in [1.54, 1.807) is 12.0 Å². The van der Waals surface area contributed by atoms with Gasteiger partial charge in [0.2, 0.25) is 0 Å². The highest BCUT2D eigenvalue weighted by molar-refractivity contribution is 5.81. The third-order valence-electron chi connectivity index (χ3n) is 5.82. The van der Waals surface area contributed by atoms with Crippen LogP contribution in [-0.2, 0) is 19.5 Å². The summed E-state index contributed by atoms with van der Waals surface area (Å²) >= 11 is 0. The first-order chi connectivity index (χ1) is 16.5. The van der Waals surface area contributed by atoms with Gasteiger partial charge in [-0.1, -0.05) is 60.2 Å². The minimum Gasteiger partial charge on any atom is -0.497 e. The molecule has 1 aromatic heterocycles. The quantitative estimate of drug-likeness (QED) is 0.401. The Morgan fingerprint density at radius 2 is 1.76 bits per heavy atom. The summed E-state index contributed by atoms with van der Waals surface area (Å²) in [5.41, 5.74) is 4.41. The first-order valence-electron chi connectivity index (χ1n) is 11.3. The Labute approximate surface area is 199 Å². The highest BCUT2D eigenvalue weighted by atomic mass is 16.5. The molecule has 0 saturated heterocycles. The van der Waals surface area contributed by atoms with E-state index in [0.29, 0.717) is 30.8 Å². The van der Waals surface area contributed by atoms with Crippen molar-refractivity contribution in [2.75, 3.05) is 13.7 Å². The molecule has 0 aliphatic heterocycles. The lowest BCUT2D eigenvalue weighted by molar-refractivity contribution is 0.195. The van der Waals surface area contributed by atoms with E-state index >= 15 is 0 Å². The second-order valence-corrected chi connectivity index (χ2v) is 8.38. The zero-order chi connectivity index (χ0) is 23.9. The molecular weight excluding hydrogens is 426 g/mol. The number of pyridine rings is 1. The standard InChI is InChI=1S/C28H29N3O3/c1-20-7-6-10-21(15-20)13-14-31(28(33)29-18-22-8-4-3-5-9-22)19-24-16-23-17-25(34-2)11-12-26(23)30-27(24)32/h3-12,15-17H,13-14,18-19H2,1-2H3,(H,29,33)(H,30,32). The summed E-state index contributed by atoms with van der Waals surface area (Å²) in [7, 11) is 1.61. The minimum absolute atomic E-state index is 0.200. The van der Waals surface area contributed by atoms with Crippen molar-refractivity contribution in [3.8, 4) is 5.75 Å². The monoisotopic (exact) mass is 455 g/mol. The zero-order valence-electron chi connectivity index (χ0n) is 19.5. The van der Waals surface area contributed by atoms with Crippen LogP contribution in [0.5, 0.6) is 5.75 Å². The van der Waals surface area contributed by atoms with Crippen molar-refractivity contribution in [3.05, 3.63) is 111 Å². The minimum atomic E-state index is -0.207. The van der Waals surface area contributed by atoms with Crippen molar-refractivity contribution < 1.29 is 9.53 Å². The zero-order valence-corrected chi connectivity index (χ0v) is 19.5. The average Bonchev–Trinajstić information content (AvgIpc) is 2.85. The van der Waals surface area contributed by atoms with Gasteiger partial charge in [-0.05, 0) is 48.7 Å². The van der Waals surface area contributed by atoms with Gasteiger partial charge in [-0.3, -0.25) is 4.79 Å². The van der Waals surface area contributed by atoms with Crippen LogP contribution in [-0.4, -0.2) is 29.6 Å². The van der Waals surface area contributed by atoms with Gasteiger partial charge in [-0.15, -0.1) is 0 Å². The van der Waals surface area contributed by atoms with Crippen LogP contribution in [0.3, 0.4) is 0 Å². The number of hydrogen-bond acceptors (Lipinski definition) is 3. The van der Waals surface area contributed by atoms with E-state index in [1.165, 1.54) is 5.56 Å². The van der Waals surface area contributed by atoms with Crippen LogP contribution in [0.4, 0.5) is 4.79 Å². The predicted molar refractivity (Wildman–Crippen MR) is 135 cm³/mol. The maximum Gasteiger partial charge on any atom is 0.317 e. The fourth-order valence-corrected chi connectivity index (χ4v) is 3.95. The van der Waals surface area contributed by atoms with Crippen molar-refractivity contribution in [2.45, 2.75) is 26.4 Å². The molecule has 1 heterocycles. The van der Waals surface area contributed by atoms with E-state index in [4.69, 9.17) is 4.74 Å². The molecule has 0 saturated carbocycles. The van der Waals surface area contributed by atoms with Crippen LogP contribution in [0.25, 0.3) is 10.9 Å². The number of aromatic nitrogens is 1. The van der Waals surface area contributed by atoms with Gasteiger partial charge in [0.25, 0.3) is 5.56 Å². The number of carbonyl (C=O) groups is 1. The number of carbonyl (C=O) groups excluding carboxylic acids is 1. The van der Waals surface area contributed by atoms with E-state index in [1.807, 2.05) is 60.7 Å². The molecule has 0 aliphatic rings. The predicted octanol–water partition coefficient (Wildman–Crippen LogP) is 4.80. The first-order valence-corrected chi connectivity index (χ1v) is 11.3. The smallest absolute Gasteiger partial charge is 0.317 e. The van der Waals surface area contributed by atoms with Crippen molar-refractivity contribution in [1.82, 2.24) is 15.2 Å². The third-order valence-corrected chi connectivity index (χ3v) is 5.82. The summed E-state index contributed by atoms with van der Waals surface area (Å²) in [6.07, 6.45) is 0.694. The van der Waals surface area contributed by atoms with Gasteiger partial charge >= 0.3 is 6.03 Å². The molecule has 4 aromatic rings. The van der Waals surface area contributed by atoms with Crippen LogP contribution in [0.1, 0.15) is 22.3 Å². The van der Waals surface area contributed by atoms with Gasteiger partial charge in [-0.2, -0.15) is 0 Å². The molecule has 6 nitrogen and oxygen atoms in total. The SMILES string of the molecule is COc1ccc2[nH]c(=O)c(CN(CCc3cccc(C)c3)C(=O)NCc3ccccc3)cc2c1. The van der Waals surface area contributed by atoms with Crippen molar-refractivity contribution in [1.29, 1.82) is 0 Å². The normalized spacial score (nSPS) is 10.8. The van der Waals surface area contributed by atoms with E-state index < -0.39 is 0 Å². The van der Waals surface area contributed by atoms with Gasteiger partial charge < -0.3 is 19.9 Å². The topological polar surface area (TPSA) is 74.4 Å². The molecule has 6 heteroatoms. The number of methoxy groups -OCH3 is 1. The number of H-pyrrole nitrogens is 1. The summed E-state index contributed by atoms with van der Waals surface area (Å²) in [4.78, 5) is 30.6. The number of ether oxygens (including phenoxy) is 1. The summed E-state index contributed by atoms with van der Waals surface area (Å²) in [6, 6.07) is 25.2. The number of hydrogen-bond donors (Lipinski definition) is 2. The summed E-state index contributed by atoms with van der Waals surface area (Å²) < 4.78 is 5.32. The number of aryl methyl sites for hydroxylation is 1. The van der Waals surface area contributed by atoms with Gasteiger partial charge in [0.1, 0.15) is 5.75 Å². The molecule has 0 atom stereocenters. The van der Waals surface area contributed by atoms with Crippen LogP contribution in [0.15, 0.2) is 83.7 Å². The summed E-state index contributed by atoms with van der Waals surface area (Å²) in [5.74, 6) is 0.711. The van der Waals surface area contributed by atoms with Gasteiger partial charge in [0.05, 0.1) is 13.7 Å². The number of benzene rings is 3. The Balaban J connectivity index is 1.56. The van der Waals surface area contributed by atoms with E-state index in [9.17, 15) is 9.59 Å². The lowest BCUT2D eigenvalue weighted by Gasteiger charge is -2.23. The molecule has 0 aliphatic carbocycles. The molecule has 4 rings (SSSR count). The fourth-order valence-electron chi connectivity index (χ4n) is 3.95. The van der Waals surface area contributed by atoms with Gasteiger partial charge in [0.15, 0.2) is 0 Å². The number of urea groups is 1. The van der Waals surface area contributed by atoms with E-state index in [2.05, 4.69) is 35.4 Å². The Morgan fingerprint density at radius 1 is 0.971 bits per heavy atom. The second-order valence-electron chi connectivity index (χ2n) is 8.38. The molecule has 2 amide bonds. The van der Waals surface area contributed by atoms with Crippen molar-refractivity contribution >= 4 is 16.9 Å². The lowest BCUT2D eigenvalue weighted by Crippen LogP contribution is -2.41. The van der Waals surface area contributed by atoms with Crippen molar-refractivity contribution in [2.24, 2.45) is 0 Å². The molecule has 2 N–H and O–H groups in total. The highest BCUT2D eigenvalue weighted by Crippen LogP contribution is 2.19. The number of nitrogens with one attached hydrogen (secondary N) is 2. The first kappa shape index (κ1) is 23.1. The number of fused-ring (bicyclic) bond motifs is 1. The number of rotatable bonds is 8. The van der Waals surface area contributed by atoms with E-state index in [-0.39, 0.29) is 18.1 Å². The number of aromatic amines is 1. The van der Waals surface area contributed by atoms with Crippen LogP contribution in [0, 0.1) is 6.92 Å². The molecule has 0 radical (unpaired) electrons. The Kier molecular flexibility index (Phi) is 7.28. The van der Waals surface area contributed by atoms with Crippen LogP contribution in [0.2, 0.25) is 0 Å². The molecule has 0 fully saturated rings. The largest absolute Gasteiger partial charge is 0.497 e. The molecule has 34 heavy (non-hydrogen) atoms. The third kappa shape index (κ3) is 5.84. The van der Waals surface area contributed by atoms with Crippen molar-refractivity contribution in [3.63, 3.8) is 0 Å². The Bertz CT molecular complexity index is 1330. The second kappa shape index (κ2) is 10.7. The van der Waals surface area contributed by atoms with Gasteiger partial charge in [-0.25, -0.2) is 4.79 Å². The average molecular weight is 456 g/mol. The maximum absolute atomic E-state index is 13.2. The molecule has 0 unspecified atom stereocenters. The molecule has 0 bridgehead atoms. The number of nitrogens with zero attached hydrogens (tertiary/aromatic N) is 1. The highest BCUT2D eigenvalue weighted by Gasteiger charge is 2.16. The number of amides is 2. The molecular formula is C28H29N3O3. The Hall–Kier alpha value is -4.06. The van der Waals surface area contributed by atoms with Gasteiger partial charge in [0, 0.05) is 29.6 Å². The van der Waals surface area contributed by atoms with Crippen LogP contribution >= 0.6 is 0 Å². The molecule has 174 valence electrons. The van der Waals surface area contributed by atoms with E-state index in [0.717, 1.165) is 22.0 Å². The lowest BCUT2D eigenvalue weighted by atomic mass is 10.1. The van der Waals surface area contributed by atoms with Crippen LogP contribution < -0.4 is 15.6 Å². The summed E-state index contributed by atoms with van der Waals surface area (Å²) in [5, 5.41) is 3.86. The Morgan fingerprint density at radius 3 is 2.53 bits per heavy atom. The fraction of sp³-hybridized carbons (Fsp3) is 0.214. The maximum atomic E-state index is 13.2. The summed E-state index contributed by atoms with van der Waals surface area (Å²) in [6.45, 7) is 3.16. The molecule has 3 aromatic carbocycles. The molecule has 0 spiro atoms.